The standard InChI is InChI=1S/C16H30N4O6S/c1-8(2)12(15(24)18-10(16(25)26)5-6-27-4)20-14(23)11(7-21)19-13(22)9(3)17/h8-12,21H,5-7,17H2,1-4H3,(H,18,24)(H,19,22)(H,20,23)(H,25,26). The Hall–Kier alpha value is -1.85. The van der Waals surface area contributed by atoms with Gasteiger partial charge in [-0.05, 0) is 31.3 Å². The number of aliphatic carboxylic acids is 1. The number of carboxylic acid groups (broad SMARTS) is 1. The van der Waals surface area contributed by atoms with Crippen LogP contribution in [0.15, 0.2) is 0 Å². The summed E-state index contributed by atoms with van der Waals surface area (Å²) in [4.78, 5) is 47.7. The van der Waals surface area contributed by atoms with Crippen LogP contribution in [0, 0.1) is 5.92 Å². The van der Waals surface area contributed by atoms with E-state index < -0.39 is 54.5 Å². The average molecular weight is 407 g/mol. The van der Waals surface area contributed by atoms with Gasteiger partial charge in [-0.1, -0.05) is 13.8 Å². The molecule has 0 heterocycles. The van der Waals surface area contributed by atoms with Crippen molar-refractivity contribution in [1.29, 1.82) is 0 Å². The molecule has 27 heavy (non-hydrogen) atoms. The number of aliphatic hydroxyl groups excluding tert-OH is 1. The third kappa shape index (κ3) is 9.07. The molecule has 3 amide bonds. The molecule has 0 saturated heterocycles. The smallest absolute Gasteiger partial charge is 0.326 e. The molecule has 0 saturated carbocycles. The van der Waals surface area contributed by atoms with E-state index in [9.17, 15) is 29.4 Å². The summed E-state index contributed by atoms with van der Waals surface area (Å²) in [5.41, 5.74) is 5.41. The number of carbonyl (C=O) groups is 4. The largest absolute Gasteiger partial charge is 0.480 e. The van der Waals surface area contributed by atoms with Gasteiger partial charge in [0.05, 0.1) is 12.6 Å². The summed E-state index contributed by atoms with van der Waals surface area (Å²) in [7, 11) is 0. The Kier molecular flexibility index (Phi) is 11.7. The maximum atomic E-state index is 12.5. The van der Waals surface area contributed by atoms with Crippen LogP contribution in [-0.4, -0.2) is 76.7 Å². The van der Waals surface area contributed by atoms with Gasteiger partial charge in [0.25, 0.3) is 0 Å². The number of nitrogens with two attached hydrogens (primary N) is 1. The first-order chi connectivity index (χ1) is 12.5. The highest BCUT2D eigenvalue weighted by molar-refractivity contribution is 7.98. The molecule has 0 aliphatic rings. The lowest BCUT2D eigenvalue weighted by Crippen LogP contribution is -2.59. The third-order valence-corrected chi connectivity index (χ3v) is 4.35. The molecule has 0 bridgehead atoms. The summed E-state index contributed by atoms with van der Waals surface area (Å²) >= 11 is 1.45. The molecule has 7 N–H and O–H groups in total. The Bertz CT molecular complexity index is 529. The first kappa shape index (κ1) is 25.1. The fourth-order valence-corrected chi connectivity index (χ4v) is 2.51. The minimum atomic E-state index is -1.27. The second-order valence-electron chi connectivity index (χ2n) is 6.44. The predicted octanol–water partition coefficient (Wildman–Crippen LogP) is -1.73. The lowest BCUT2D eigenvalue weighted by atomic mass is 10.0. The van der Waals surface area contributed by atoms with Crippen LogP contribution >= 0.6 is 11.8 Å². The summed E-state index contributed by atoms with van der Waals surface area (Å²) in [6.45, 7) is 4.10. The van der Waals surface area contributed by atoms with E-state index in [1.807, 2.05) is 6.26 Å². The second-order valence-corrected chi connectivity index (χ2v) is 7.43. The normalized spacial score (nSPS) is 15.4. The molecule has 0 aromatic carbocycles. The van der Waals surface area contributed by atoms with Crippen molar-refractivity contribution in [3.63, 3.8) is 0 Å². The van der Waals surface area contributed by atoms with Crippen molar-refractivity contribution in [2.75, 3.05) is 18.6 Å². The van der Waals surface area contributed by atoms with Gasteiger partial charge in [-0.15, -0.1) is 0 Å². The Labute approximate surface area is 163 Å². The highest BCUT2D eigenvalue weighted by Crippen LogP contribution is 2.06. The van der Waals surface area contributed by atoms with E-state index in [1.54, 1.807) is 13.8 Å². The molecule has 0 radical (unpaired) electrons. The first-order valence-electron chi connectivity index (χ1n) is 8.54. The van der Waals surface area contributed by atoms with Crippen molar-refractivity contribution in [2.24, 2.45) is 11.7 Å². The van der Waals surface area contributed by atoms with Crippen molar-refractivity contribution >= 4 is 35.5 Å². The van der Waals surface area contributed by atoms with Gasteiger partial charge in [-0.3, -0.25) is 14.4 Å². The number of carbonyl (C=O) groups excluding carboxylic acids is 3. The van der Waals surface area contributed by atoms with E-state index in [2.05, 4.69) is 16.0 Å². The molecule has 156 valence electrons. The highest BCUT2D eigenvalue weighted by atomic mass is 32.2. The van der Waals surface area contributed by atoms with Crippen molar-refractivity contribution in [2.45, 2.75) is 51.4 Å². The van der Waals surface area contributed by atoms with Crippen LogP contribution in [0.3, 0.4) is 0 Å². The zero-order valence-electron chi connectivity index (χ0n) is 16.0. The number of amides is 3. The van der Waals surface area contributed by atoms with Crippen LogP contribution in [0.25, 0.3) is 0 Å². The average Bonchev–Trinajstić information content (AvgIpc) is 2.59. The van der Waals surface area contributed by atoms with E-state index in [1.165, 1.54) is 18.7 Å². The number of carboxylic acids is 1. The molecule has 0 aromatic rings. The fourth-order valence-electron chi connectivity index (χ4n) is 2.04. The number of rotatable bonds is 12. The molecule has 0 aromatic heterocycles. The summed E-state index contributed by atoms with van der Waals surface area (Å²) < 4.78 is 0. The lowest BCUT2D eigenvalue weighted by molar-refractivity contribution is -0.142. The Balaban J connectivity index is 5.09. The number of nitrogens with one attached hydrogen (secondary N) is 3. The zero-order chi connectivity index (χ0) is 21.1. The minimum Gasteiger partial charge on any atom is -0.480 e. The van der Waals surface area contributed by atoms with E-state index in [-0.39, 0.29) is 12.3 Å². The van der Waals surface area contributed by atoms with Crippen molar-refractivity contribution in [3.05, 3.63) is 0 Å². The van der Waals surface area contributed by atoms with Crippen LogP contribution in [0.1, 0.15) is 27.2 Å². The summed E-state index contributed by atoms with van der Waals surface area (Å²) in [5, 5.41) is 25.7. The topological polar surface area (TPSA) is 171 Å². The van der Waals surface area contributed by atoms with Gasteiger partial charge in [0, 0.05) is 0 Å². The Morgan fingerprint density at radius 2 is 1.52 bits per heavy atom. The molecular weight excluding hydrogens is 376 g/mol. The maximum absolute atomic E-state index is 12.5. The minimum absolute atomic E-state index is 0.241. The van der Waals surface area contributed by atoms with E-state index >= 15 is 0 Å². The molecule has 4 atom stereocenters. The zero-order valence-corrected chi connectivity index (χ0v) is 16.8. The van der Waals surface area contributed by atoms with Gasteiger partial charge in [0.2, 0.25) is 17.7 Å². The summed E-state index contributed by atoms with van der Waals surface area (Å²) in [6, 6.07) is -4.25. The number of hydrogen-bond donors (Lipinski definition) is 6. The predicted molar refractivity (Wildman–Crippen MR) is 102 cm³/mol. The maximum Gasteiger partial charge on any atom is 0.326 e. The van der Waals surface area contributed by atoms with Gasteiger partial charge in [0.1, 0.15) is 18.1 Å². The van der Waals surface area contributed by atoms with Crippen LogP contribution in [-0.2, 0) is 19.2 Å². The number of hydrogen-bond acceptors (Lipinski definition) is 7. The second kappa shape index (κ2) is 12.5. The summed E-state index contributed by atoms with van der Waals surface area (Å²) in [5.74, 6) is -3.02. The van der Waals surface area contributed by atoms with Crippen molar-refractivity contribution < 1.29 is 29.4 Å². The van der Waals surface area contributed by atoms with Crippen LogP contribution in [0.5, 0.6) is 0 Å². The molecule has 10 nitrogen and oxygen atoms in total. The molecule has 0 aliphatic heterocycles. The Morgan fingerprint density at radius 3 is 1.93 bits per heavy atom. The van der Waals surface area contributed by atoms with Crippen molar-refractivity contribution in [1.82, 2.24) is 16.0 Å². The molecule has 4 unspecified atom stereocenters. The SMILES string of the molecule is CSCCC(NC(=O)C(NC(=O)C(CO)NC(=O)C(C)N)C(C)C)C(=O)O. The quantitative estimate of drug-likeness (QED) is 0.222. The van der Waals surface area contributed by atoms with Gasteiger partial charge in [-0.25, -0.2) is 4.79 Å². The van der Waals surface area contributed by atoms with Crippen LogP contribution in [0.2, 0.25) is 0 Å². The fraction of sp³-hybridized carbons (Fsp3) is 0.750. The molecule has 0 aliphatic carbocycles. The summed E-state index contributed by atoms with van der Waals surface area (Å²) in [6.07, 6.45) is 2.06. The molecular formula is C16H30N4O6S. The van der Waals surface area contributed by atoms with E-state index in [4.69, 9.17) is 5.73 Å². The number of thioether (sulfide) groups is 1. The van der Waals surface area contributed by atoms with Crippen molar-refractivity contribution in [3.8, 4) is 0 Å². The molecule has 0 spiro atoms. The lowest BCUT2D eigenvalue weighted by Gasteiger charge is -2.26. The van der Waals surface area contributed by atoms with Gasteiger partial charge >= 0.3 is 5.97 Å². The number of aliphatic hydroxyl groups is 1. The van der Waals surface area contributed by atoms with Crippen LogP contribution < -0.4 is 21.7 Å². The highest BCUT2D eigenvalue weighted by Gasteiger charge is 2.31. The molecule has 0 fully saturated rings. The molecule has 0 rings (SSSR count). The first-order valence-corrected chi connectivity index (χ1v) is 9.93. The monoisotopic (exact) mass is 406 g/mol. The molecule has 11 heteroatoms. The van der Waals surface area contributed by atoms with Crippen LogP contribution in [0.4, 0.5) is 0 Å². The van der Waals surface area contributed by atoms with Gasteiger partial charge in [-0.2, -0.15) is 11.8 Å². The van der Waals surface area contributed by atoms with Gasteiger partial charge < -0.3 is 31.9 Å². The Morgan fingerprint density at radius 1 is 0.963 bits per heavy atom. The third-order valence-electron chi connectivity index (χ3n) is 3.70. The van der Waals surface area contributed by atoms with E-state index in [0.29, 0.717) is 5.75 Å². The van der Waals surface area contributed by atoms with Gasteiger partial charge in [0.15, 0.2) is 0 Å². The van der Waals surface area contributed by atoms with E-state index in [0.717, 1.165) is 0 Å².